The molecule has 1 aromatic heterocycles. The van der Waals surface area contributed by atoms with Crippen LogP contribution in [0.3, 0.4) is 0 Å². The molecule has 3 nitrogen and oxygen atoms in total. The first kappa shape index (κ1) is 13.4. The zero-order chi connectivity index (χ0) is 13.1. The summed E-state index contributed by atoms with van der Waals surface area (Å²) in [6.45, 7) is 1.94. The van der Waals surface area contributed by atoms with Crippen molar-refractivity contribution >= 4 is 34.8 Å². The van der Waals surface area contributed by atoms with Gasteiger partial charge in [0.15, 0.2) is 0 Å². The van der Waals surface area contributed by atoms with Gasteiger partial charge < -0.3 is 4.74 Å². The number of ether oxygens (including phenoxy) is 1. The highest BCUT2D eigenvalue weighted by atomic mass is 35.5. The number of benzene rings is 1. The van der Waals surface area contributed by atoms with Crippen LogP contribution in [0.25, 0.3) is 0 Å². The van der Waals surface area contributed by atoms with Crippen LogP contribution in [0.2, 0.25) is 15.2 Å². The third-order valence-corrected chi connectivity index (χ3v) is 3.46. The first-order valence-electron chi connectivity index (χ1n) is 5.24. The van der Waals surface area contributed by atoms with Gasteiger partial charge in [-0.05, 0) is 18.6 Å². The van der Waals surface area contributed by atoms with Crippen molar-refractivity contribution in [2.24, 2.45) is 0 Å². The molecule has 0 aliphatic heterocycles. The molecule has 0 radical (unpaired) electrons. The summed E-state index contributed by atoms with van der Waals surface area (Å²) in [6.07, 6.45) is 2.00. The lowest BCUT2D eigenvalue weighted by Gasteiger charge is -2.10. The fourth-order valence-electron chi connectivity index (χ4n) is 1.43. The lowest BCUT2D eigenvalue weighted by atomic mass is 10.2. The zero-order valence-electron chi connectivity index (χ0n) is 9.45. The van der Waals surface area contributed by atoms with Crippen LogP contribution in [0, 0.1) is 0 Å². The molecule has 0 unspecified atom stereocenters. The fraction of sp³-hybridized carbons (Fsp3) is 0.167. The van der Waals surface area contributed by atoms with Gasteiger partial charge >= 0.3 is 0 Å². The lowest BCUT2D eigenvalue weighted by molar-refractivity contribution is 0.455. The summed E-state index contributed by atoms with van der Waals surface area (Å²) in [6, 6.07) is 5.14. The smallest absolute Gasteiger partial charge is 0.227 e. The van der Waals surface area contributed by atoms with E-state index in [1.807, 2.05) is 6.92 Å². The monoisotopic (exact) mass is 302 g/mol. The van der Waals surface area contributed by atoms with E-state index in [4.69, 9.17) is 39.5 Å². The maximum absolute atomic E-state index is 6.05. The molecule has 0 saturated carbocycles. The normalized spacial score (nSPS) is 10.4. The molecular formula is C12H9Cl3N2O. The summed E-state index contributed by atoms with van der Waals surface area (Å²) in [5, 5.41) is 1.14. The molecule has 1 heterocycles. The Bertz CT molecular complexity index is 575. The molecule has 0 aliphatic rings. The van der Waals surface area contributed by atoms with E-state index in [0.717, 1.165) is 5.56 Å². The highest BCUT2D eigenvalue weighted by Crippen LogP contribution is 2.35. The van der Waals surface area contributed by atoms with E-state index in [9.17, 15) is 0 Å². The second-order valence-electron chi connectivity index (χ2n) is 3.46. The van der Waals surface area contributed by atoms with Gasteiger partial charge in [-0.2, -0.15) is 0 Å². The second kappa shape index (κ2) is 5.74. The molecule has 2 rings (SSSR count). The van der Waals surface area contributed by atoms with E-state index in [0.29, 0.717) is 33.2 Å². The molecule has 0 aliphatic carbocycles. The van der Waals surface area contributed by atoms with Gasteiger partial charge in [-0.3, -0.25) is 0 Å². The third kappa shape index (κ3) is 2.69. The summed E-state index contributed by atoms with van der Waals surface area (Å²) >= 11 is 17.9. The number of aromatic nitrogens is 2. The summed E-state index contributed by atoms with van der Waals surface area (Å²) in [7, 11) is 0. The topological polar surface area (TPSA) is 35.0 Å². The van der Waals surface area contributed by atoms with Crippen molar-refractivity contribution in [3.8, 4) is 11.6 Å². The van der Waals surface area contributed by atoms with Crippen molar-refractivity contribution < 1.29 is 4.74 Å². The first-order chi connectivity index (χ1) is 8.63. The predicted octanol–water partition coefficient (Wildman–Crippen LogP) is 4.79. The van der Waals surface area contributed by atoms with Gasteiger partial charge in [0.25, 0.3) is 0 Å². The Morgan fingerprint density at radius 3 is 2.67 bits per heavy atom. The quantitative estimate of drug-likeness (QED) is 0.765. The number of halogens is 3. The van der Waals surface area contributed by atoms with Crippen molar-refractivity contribution in [2.75, 3.05) is 0 Å². The largest absolute Gasteiger partial charge is 0.437 e. The first-order valence-corrected chi connectivity index (χ1v) is 6.38. The van der Waals surface area contributed by atoms with Crippen LogP contribution in [0.1, 0.15) is 12.5 Å². The highest BCUT2D eigenvalue weighted by Gasteiger charge is 2.13. The van der Waals surface area contributed by atoms with Gasteiger partial charge in [-0.1, -0.05) is 47.8 Å². The molecule has 1 aromatic carbocycles. The van der Waals surface area contributed by atoms with Crippen molar-refractivity contribution in [1.82, 2.24) is 9.97 Å². The van der Waals surface area contributed by atoms with Crippen LogP contribution >= 0.6 is 34.8 Å². The summed E-state index contributed by atoms with van der Waals surface area (Å²) < 4.78 is 5.64. The summed E-state index contributed by atoms with van der Waals surface area (Å²) in [5.74, 6) is 0.829. The minimum atomic E-state index is 0.343. The van der Waals surface area contributed by atoms with Crippen LogP contribution in [0.15, 0.2) is 24.5 Å². The zero-order valence-corrected chi connectivity index (χ0v) is 11.7. The van der Waals surface area contributed by atoms with E-state index in [1.165, 1.54) is 6.33 Å². The van der Waals surface area contributed by atoms with Gasteiger partial charge in [0.2, 0.25) is 5.88 Å². The molecular weight excluding hydrogens is 295 g/mol. The Morgan fingerprint density at radius 2 is 1.94 bits per heavy atom. The van der Waals surface area contributed by atoms with Crippen LogP contribution in [0.5, 0.6) is 11.6 Å². The van der Waals surface area contributed by atoms with E-state index in [-0.39, 0.29) is 0 Å². The minimum Gasteiger partial charge on any atom is -0.437 e. The van der Waals surface area contributed by atoms with Gasteiger partial charge in [-0.15, -0.1) is 0 Å². The molecule has 0 bridgehead atoms. The van der Waals surface area contributed by atoms with E-state index in [1.54, 1.807) is 18.2 Å². The molecule has 6 heteroatoms. The average molecular weight is 304 g/mol. The second-order valence-corrected chi connectivity index (χ2v) is 4.60. The molecule has 0 amide bonds. The van der Waals surface area contributed by atoms with Crippen molar-refractivity contribution in [3.63, 3.8) is 0 Å². The van der Waals surface area contributed by atoms with Gasteiger partial charge in [0, 0.05) is 0 Å². The Balaban J connectivity index is 2.40. The number of hydrogen-bond acceptors (Lipinski definition) is 3. The van der Waals surface area contributed by atoms with Crippen LogP contribution in [0.4, 0.5) is 0 Å². The third-order valence-electron chi connectivity index (χ3n) is 2.33. The molecule has 0 atom stereocenters. The average Bonchev–Trinajstić information content (AvgIpc) is 2.35. The molecule has 0 N–H and O–H groups in total. The van der Waals surface area contributed by atoms with E-state index in [2.05, 4.69) is 9.97 Å². The van der Waals surface area contributed by atoms with E-state index < -0.39 is 0 Å². The van der Waals surface area contributed by atoms with Gasteiger partial charge in [0.1, 0.15) is 22.3 Å². The van der Waals surface area contributed by atoms with Crippen LogP contribution < -0.4 is 4.74 Å². The van der Waals surface area contributed by atoms with Crippen molar-refractivity contribution in [1.29, 1.82) is 0 Å². The summed E-state index contributed by atoms with van der Waals surface area (Å²) in [4.78, 5) is 7.96. The van der Waals surface area contributed by atoms with Crippen molar-refractivity contribution in [2.45, 2.75) is 13.3 Å². The Hall–Kier alpha value is -1.03. The SMILES string of the molecule is CCc1c(Cl)ncnc1Oc1cccc(Cl)c1Cl. The fourth-order valence-corrected chi connectivity index (χ4v) is 2.02. The maximum Gasteiger partial charge on any atom is 0.227 e. The molecule has 0 saturated heterocycles. The molecule has 0 spiro atoms. The van der Waals surface area contributed by atoms with Crippen LogP contribution in [-0.4, -0.2) is 9.97 Å². The predicted molar refractivity (Wildman–Crippen MR) is 73.0 cm³/mol. The maximum atomic E-state index is 6.05. The molecule has 18 heavy (non-hydrogen) atoms. The van der Waals surface area contributed by atoms with Gasteiger partial charge in [-0.25, -0.2) is 9.97 Å². The molecule has 0 fully saturated rings. The molecule has 2 aromatic rings. The lowest BCUT2D eigenvalue weighted by Crippen LogP contribution is -1.97. The minimum absolute atomic E-state index is 0.343. The number of nitrogens with zero attached hydrogens (tertiary/aromatic N) is 2. The highest BCUT2D eigenvalue weighted by molar-refractivity contribution is 6.42. The number of rotatable bonds is 3. The molecule has 94 valence electrons. The van der Waals surface area contributed by atoms with Crippen LogP contribution in [-0.2, 0) is 6.42 Å². The van der Waals surface area contributed by atoms with Gasteiger partial charge in [0.05, 0.1) is 10.6 Å². The standard InChI is InChI=1S/C12H9Cl3N2O/c1-2-7-11(15)16-6-17-12(7)18-9-5-3-4-8(13)10(9)14/h3-6H,2H2,1H3. The number of hydrogen-bond donors (Lipinski definition) is 0. The Labute approximate surface area is 120 Å². The summed E-state index contributed by atoms with van der Waals surface area (Å²) in [5.41, 5.74) is 0.732. The Kier molecular flexibility index (Phi) is 4.27. The van der Waals surface area contributed by atoms with E-state index >= 15 is 0 Å². The Morgan fingerprint density at radius 1 is 1.17 bits per heavy atom. The van der Waals surface area contributed by atoms with Crippen molar-refractivity contribution in [3.05, 3.63) is 45.3 Å².